The molecule has 0 radical (unpaired) electrons. The first-order valence-corrected chi connectivity index (χ1v) is 11.7. The first kappa shape index (κ1) is 23.1. The molecule has 0 bridgehead atoms. The number of carbonyl (C=O) groups excluding carboxylic acids is 1. The molecule has 4 aromatic rings. The second-order valence-corrected chi connectivity index (χ2v) is 9.41. The molecule has 10 heteroatoms. The maximum atomic E-state index is 12.9. The van der Waals surface area contributed by atoms with E-state index in [2.05, 4.69) is 15.5 Å². The van der Waals surface area contributed by atoms with Crippen molar-refractivity contribution in [3.05, 3.63) is 90.0 Å². The third-order valence-corrected chi connectivity index (χ3v) is 6.87. The Balaban J connectivity index is 1.42. The number of carbonyl (C=O) groups is 1. The van der Waals surface area contributed by atoms with Crippen molar-refractivity contribution in [2.24, 2.45) is 0 Å². The Morgan fingerprint density at radius 1 is 0.971 bits per heavy atom. The predicted octanol–water partition coefficient (Wildman–Crippen LogP) is 3.82. The molecule has 1 amide bonds. The zero-order valence-corrected chi connectivity index (χ0v) is 19.3. The monoisotopic (exact) mass is 478 g/mol. The minimum atomic E-state index is -3.72. The quantitative estimate of drug-likeness (QED) is 0.409. The van der Waals surface area contributed by atoms with Crippen molar-refractivity contribution in [2.45, 2.75) is 11.4 Å². The minimum absolute atomic E-state index is 0.0740. The number of nitrogens with zero attached hydrogens (tertiary/aromatic N) is 3. The second-order valence-electron chi connectivity index (χ2n) is 7.37. The van der Waals surface area contributed by atoms with Crippen molar-refractivity contribution in [1.82, 2.24) is 14.5 Å². The van der Waals surface area contributed by atoms with E-state index in [1.807, 2.05) is 30.3 Å². The highest BCUT2D eigenvalue weighted by Crippen LogP contribution is 2.23. The Bertz CT molecular complexity index is 1370. The van der Waals surface area contributed by atoms with E-state index >= 15 is 0 Å². The summed E-state index contributed by atoms with van der Waals surface area (Å²) in [7, 11) is -0.637. The van der Waals surface area contributed by atoms with Crippen LogP contribution in [0, 0.1) is 0 Å². The van der Waals surface area contributed by atoms with Gasteiger partial charge in [-0.15, -0.1) is 5.10 Å². The van der Waals surface area contributed by atoms with Crippen molar-refractivity contribution < 1.29 is 22.4 Å². The Hall–Kier alpha value is -4.02. The average molecular weight is 479 g/mol. The molecular formula is C24H22N4O5S. The third kappa shape index (κ3) is 5.13. The lowest BCUT2D eigenvalue weighted by Crippen LogP contribution is -2.26. The first-order valence-electron chi connectivity index (χ1n) is 10.3. The molecule has 174 valence electrons. The molecule has 0 fully saturated rings. The lowest BCUT2D eigenvalue weighted by molar-refractivity contribution is 0.102. The van der Waals surface area contributed by atoms with Crippen LogP contribution in [-0.2, 0) is 16.6 Å². The molecule has 0 saturated heterocycles. The van der Waals surface area contributed by atoms with Crippen LogP contribution in [0.25, 0.3) is 11.5 Å². The molecule has 4 rings (SSSR count). The van der Waals surface area contributed by atoms with Gasteiger partial charge in [-0.1, -0.05) is 35.4 Å². The van der Waals surface area contributed by atoms with Gasteiger partial charge in [0.2, 0.25) is 15.9 Å². The summed E-state index contributed by atoms with van der Waals surface area (Å²) in [6.07, 6.45) is 0. The molecule has 0 atom stereocenters. The van der Waals surface area contributed by atoms with Crippen LogP contribution >= 0.6 is 0 Å². The van der Waals surface area contributed by atoms with Crippen LogP contribution in [0.4, 0.5) is 6.01 Å². The molecule has 0 aliphatic heterocycles. The maximum Gasteiger partial charge on any atom is 0.322 e. The molecule has 1 heterocycles. The fraction of sp³-hybridized carbons (Fsp3) is 0.125. The van der Waals surface area contributed by atoms with E-state index in [0.717, 1.165) is 5.56 Å². The Kier molecular flexibility index (Phi) is 6.71. The normalized spacial score (nSPS) is 11.4. The molecule has 0 saturated carbocycles. The van der Waals surface area contributed by atoms with Crippen LogP contribution in [0.3, 0.4) is 0 Å². The highest BCUT2D eigenvalue weighted by Gasteiger charge is 2.21. The zero-order valence-electron chi connectivity index (χ0n) is 18.5. The predicted molar refractivity (Wildman–Crippen MR) is 126 cm³/mol. The number of rotatable bonds is 8. The van der Waals surface area contributed by atoms with Crippen LogP contribution in [0.15, 0.2) is 88.2 Å². The van der Waals surface area contributed by atoms with Crippen molar-refractivity contribution in [3.8, 4) is 17.2 Å². The third-order valence-electron chi connectivity index (χ3n) is 5.06. The van der Waals surface area contributed by atoms with E-state index in [0.29, 0.717) is 11.3 Å². The van der Waals surface area contributed by atoms with Gasteiger partial charge in [-0.25, -0.2) is 8.42 Å². The molecule has 0 aliphatic carbocycles. The number of methoxy groups -OCH3 is 1. The van der Waals surface area contributed by atoms with Gasteiger partial charge in [0, 0.05) is 24.7 Å². The lowest BCUT2D eigenvalue weighted by Gasteiger charge is -2.17. The van der Waals surface area contributed by atoms with Crippen molar-refractivity contribution in [2.75, 3.05) is 19.5 Å². The Labute approximate surface area is 197 Å². The van der Waals surface area contributed by atoms with Crippen LogP contribution in [0.5, 0.6) is 5.75 Å². The van der Waals surface area contributed by atoms with E-state index in [1.165, 1.54) is 35.6 Å². The Morgan fingerprint density at radius 3 is 2.29 bits per heavy atom. The van der Waals surface area contributed by atoms with E-state index in [4.69, 9.17) is 9.15 Å². The van der Waals surface area contributed by atoms with Gasteiger partial charge in [0.05, 0.1) is 12.0 Å². The van der Waals surface area contributed by atoms with Crippen LogP contribution in [0.2, 0.25) is 0 Å². The van der Waals surface area contributed by atoms with Crippen LogP contribution < -0.4 is 10.1 Å². The van der Waals surface area contributed by atoms with Crippen LogP contribution in [0.1, 0.15) is 15.9 Å². The lowest BCUT2D eigenvalue weighted by atomic mass is 10.2. The smallest absolute Gasteiger partial charge is 0.322 e. The molecule has 1 aromatic heterocycles. The van der Waals surface area contributed by atoms with E-state index in [9.17, 15) is 13.2 Å². The topological polar surface area (TPSA) is 115 Å². The summed E-state index contributed by atoms with van der Waals surface area (Å²) >= 11 is 0. The SMILES string of the molecule is COc1ccc(-c2nnc(NC(=O)c3ccc(S(=O)(=O)N(C)Cc4ccccc4)cc3)o2)cc1. The fourth-order valence-corrected chi connectivity index (χ4v) is 4.34. The first-order chi connectivity index (χ1) is 16.4. The van der Waals surface area contributed by atoms with Crippen molar-refractivity contribution in [1.29, 1.82) is 0 Å². The molecule has 1 N–H and O–H groups in total. The fourth-order valence-electron chi connectivity index (χ4n) is 3.18. The van der Waals surface area contributed by atoms with E-state index < -0.39 is 15.9 Å². The summed E-state index contributed by atoms with van der Waals surface area (Å²) in [5.41, 5.74) is 1.79. The number of aromatic nitrogens is 2. The highest BCUT2D eigenvalue weighted by molar-refractivity contribution is 7.89. The van der Waals surface area contributed by atoms with Gasteiger partial charge in [0.25, 0.3) is 5.91 Å². The molecule has 0 spiro atoms. The minimum Gasteiger partial charge on any atom is -0.497 e. The molecule has 9 nitrogen and oxygen atoms in total. The summed E-state index contributed by atoms with van der Waals surface area (Å²) in [5.74, 6) is 0.417. The number of sulfonamides is 1. The number of hydrogen-bond donors (Lipinski definition) is 1. The maximum absolute atomic E-state index is 12.9. The number of anilines is 1. The molecule has 0 unspecified atom stereocenters. The number of hydrogen-bond acceptors (Lipinski definition) is 7. The van der Waals surface area contributed by atoms with Crippen LogP contribution in [-0.4, -0.2) is 43.0 Å². The van der Waals surface area contributed by atoms with Crippen molar-refractivity contribution >= 4 is 21.9 Å². The number of ether oxygens (including phenoxy) is 1. The van der Waals surface area contributed by atoms with Gasteiger partial charge < -0.3 is 9.15 Å². The standard InChI is InChI=1S/C24H22N4O5S/c1-28(16-17-6-4-3-5-7-17)34(30,31)21-14-10-18(11-15-21)22(29)25-24-27-26-23(33-24)19-8-12-20(32-2)13-9-19/h3-15H,16H2,1-2H3,(H,25,27,29). The van der Waals surface area contributed by atoms with E-state index in [-0.39, 0.29) is 28.9 Å². The number of benzene rings is 3. The molecule has 34 heavy (non-hydrogen) atoms. The van der Waals surface area contributed by atoms with Gasteiger partial charge in [0.1, 0.15) is 5.75 Å². The Morgan fingerprint density at radius 2 is 1.65 bits per heavy atom. The van der Waals surface area contributed by atoms with Gasteiger partial charge in [-0.05, 0) is 54.1 Å². The van der Waals surface area contributed by atoms with Gasteiger partial charge in [-0.3, -0.25) is 10.1 Å². The summed E-state index contributed by atoms with van der Waals surface area (Å²) in [5, 5.41) is 10.3. The molecule has 3 aromatic carbocycles. The average Bonchev–Trinajstić information content (AvgIpc) is 3.33. The molecule has 0 aliphatic rings. The largest absolute Gasteiger partial charge is 0.497 e. The summed E-state index contributed by atoms with van der Waals surface area (Å²) in [6, 6.07) is 21.9. The zero-order chi connectivity index (χ0) is 24.1. The highest BCUT2D eigenvalue weighted by atomic mass is 32.2. The van der Waals surface area contributed by atoms with E-state index in [1.54, 1.807) is 31.4 Å². The van der Waals surface area contributed by atoms with Gasteiger partial charge in [0.15, 0.2) is 0 Å². The summed E-state index contributed by atoms with van der Waals surface area (Å²) in [6.45, 7) is 0.235. The summed E-state index contributed by atoms with van der Waals surface area (Å²) < 4.78 is 37.6. The summed E-state index contributed by atoms with van der Waals surface area (Å²) in [4.78, 5) is 12.6. The van der Waals surface area contributed by atoms with Crippen molar-refractivity contribution in [3.63, 3.8) is 0 Å². The number of nitrogens with one attached hydrogen (secondary N) is 1. The van der Waals surface area contributed by atoms with Gasteiger partial charge in [-0.2, -0.15) is 4.31 Å². The second kappa shape index (κ2) is 9.86. The molecular weight excluding hydrogens is 456 g/mol. The van der Waals surface area contributed by atoms with Gasteiger partial charge >= 0.3 is 6.01 Å². The number of amides is 1.